The maximum atomic E-state index is 13.3. The molecule has 0 aliphatic rings. The highest BCUT2D eigenvalue weighted by Gasteiger charge is 2.14. The van der Waals surface area contributed by atoms with Crippen molar-refractivity contribution in [1.82, 2.24) is 19.7 Å². The van der Waals surface area contributed by atoms with Crippen LogP contribution in [0.3, 0.4) is 0 Å². The quantitative estimate of drug-likeness (QED) is 0.398. The van der Waals surface area contributed by atoms with Crippen LogP contribution in [0.5, 0.6) is 0 Å². The molecule has 2 heterocycles. The lowest BCUT2D eigenvalue weighted by Gasteiger charge is -2.11. The molecule has 0 spiro atoms. The fraction of sp³-hybridized carbons (Fsp3) is 0.227. The molecule has 0 bridgehead atoms. The number of para-hydroxylation sites is 1. The summed E-state index contributed by atoms with van der Waals surface area (Å²) in [7, 11) is 0. The largest absolute Gasteiger partial charge is 0.382 e. The molecular formula is C22H23FN6O. The van der Waals surface area contributed by atoms with Gasteiger partial charge < -0.3 is 15.4 Å². The summed E-state index contributed by atoms with van der Waals surface area (Å²) >= 11 is 0. The lowest BCUT2D eigenvalue weighted by Crippen LogP contribution is -2.10. The molecule has 30 heavy (non-hydrogen) atoms. The highest BCUT2D eigenvalue weighted by Crippen LogP contribution is 2.27. The summed E-state index contributed by atoms with van der Waals surface area (Å²) in [5, 5.41) is 11.8. The van der Waals surface area contributed by atoms with Crippen LogP contribution < -0.4 is 10.6 Å². The monoisotopic (exact) mass is 406 g/mol. The number of hydrogen-bond donors (Lipinski definition) is 2. The van der Waals surface area contributed by atoms with E-state index in [1.807, 2.05) is 37.3 Å². The van der Waals surface area contributed by atoms with E-state index in [1.165, 1.54) is 12.1 Å². The van der Waals surface area contributed by atoms with Crippen LogP contribution in [0.15, 0.2) is 60.8 Å². The molecule has 0 aliphatic heterocycles. The number of fused-ring (bicyclic) bond motifs is 1. The Morgan fingerprint density at radius 1 is 1.03 bits per heavy atom. The second kappa shape index (κ2) is 9.32. The van der Waals surface area contributed by atoms with Crippen LogP contribution in [-0.4, -0.2) is 39.5 Å². The summed E-state index contributed by atoms with van der Waals surface area (Å²) < 4.78 is 20.4. The predicted octanol–water partition coefficient (Wildman–Crippen LogP) is 4.54. The molecule has 8 heteroatoms. The molecule has 2 aromatic heterocycles. The Bertz CT molecular complexity index is 1100. The van der Waals surface area contributed by atoms with Crippen LogP contribution in [0.4, 0.5) is 21.8 Å². The zero-order valence-electron chi connectivity index (χ0n) is 16.7. The highest BCUT2D eigenvalue weighted by molar-refractivity contribution is 5.90. The molecule has 0 fully saturated rings. The van der Waals surface area contributed by atoms with Gasteiger partial charge in [-0.2, -0.15) is 15.1 Å². The Morgan fingerprint density at radius 3 is 2.60 bits per heavy atom. The lowest BCUT2D eigenvalue weighted by molar-refractivity contribution is 0.147. The number of nitrogens with one attached hydrogen (secondary N) is 2. The Labute approximate surface area is 173 Å². The van der Waals surface area contributed by atoms with Crippen LogP contribution in [0.25, 0.3) is 16.7 Å². The lowest BCUT2D eigenvalue weighted by atomic mass is 10.3. The Kier molecular flexibility index (Phi) is 6.14. The Hall–Kier alpha value is -3.52. The van der Waals surface area contributed by atoms with Crippen LogP contribution in [0.2, 0.25) is 0 Å². The molecule has 0 aliphatic carbocycles. The van der Waals surface area contributed by atoms with Crippen molar-refractivity contribution in [2.75, 3.05) is 30.4 Å². The van der Waals surface area contributed by atoms with E-state index in [9.17, 15) is 4.39 Å². The van der Waals surface area contributed by atoms with E-state index < -0.39 is 0 Å². The summed E-state index contributed by atoms with van der Waals surface area (Å²) in [6.07, 6.45) is 2.57. The van der Waals surface area contributed by atoms with E-state index in [-0.39, 0.29) is 5.82 Å². The van der Waals surface area contributed by atoms with Gasteiger partial charge in [0.05, 0.1) is 17.3 Å². The molecule has 2 aromatic carbocycles. The number of nitrogens with zero attached hydrogens (tertiary/aromatic N) is 4. The number of rotatable bonds is 9. The van der Waals surface area contributed by atoms with Gasteiger partial charge >= 0.3 is 0 Å². The van der Waals surface area contributed by atoms with Crippen LogP contribution in [-0.2, 0) is 4.74 Å². The number of anilines is 3. The van der Waals surface area contributed by atoms with Crippen molar-refractivity contribution < 1.29 is 9.13 Å². The minimum Gasteiger partial charge on any atom is -0.382 e. The van der Waals surface area contributed by atoms with E-state index in [0.29, 0.717) is 37.2 Å². The number of halogens is 1. The molecule has 2 N–H and O–H groups in total. The molecule has 7 nitrogen and oxygen atoms in total. The molecular weight excluding hydrogens is 383 g/mol. The van der Waals surface area contributed by atoms with E-state index in [4.69, 9.17) is 4.74 Å². The summed E-state index contributed by atoms with van der Waals surface area (Å²) in [6.45, 7) is 4.03. The fourth-order valence-electron chi connectivity index (χ4n) is 3.03. The normalized spacial score (nSPS) is 11.0. The van der Waals surface area contributed by atoms with Gasteiger partial charge in [0.25, 0.3) is 0 Å². The summed E-state index contributed by atoms with van der Waals surface area (Å²) in [5.41, 5.74) is 2.31. The zero-order chi connectivity index (χ0) is 20.8. The molecule has 4 aromatic rings. The first-order valence-corrected chi connectivity index (χ1v) is 9.90. The van der Waals surface area contributed by atoms with Gasteiger partial charge in [0.2, 0.25) is 5.95 Å². The van der Waals surface area contributed by atoms with Crippen molar-refractivity contribution in [1.29, 1.82) is 0 Å². The van der Waals surface area contributed by atoms with Crippen molar-refractivity contribution in [2.24, 2.45) is 0 Å². The van der Waals surface area contributed by atoms with Crippen molar-refractivity contribution in [3.05, 3.63) is 66.6 Å². The first-order valence-electron chi connectivity index (χ1n) is 9.90. The van der Waals surface area contributed by atoms with E-state index >= 15 is 0 Å². The van der Waals surface area contributed by atoms with Crippen LogP contribution in [0, 0.1) is 5.82 Å². The first-order chi connectivity index (χ1) is 14.7. The number of ether oxygens (including phenoxy) is 1. The van der Waals surface area contributed by atoms with Gasteiger partial charge in [-0.1, -0.05) is 18.2 Å². The molecule has 154 valence electrons. The molecule has 4 rings (SSSR count). The second-order valence-electron chi connectivity index (χ2n) is 6.63. The molecule has 0 saturated heterocycles. The molecule has 0 unspecified atom stereocenters. The molecule has 0 radical (unpaired) electrons. The SMILES string of the molecule is CCOCCCNc1nc(Nc2ccc(F)cc2)c2cnn(-c3ccccc3)c2n1. The van der Waals surface area contributed by atoms with Crippen LogP contribution >= 0.6 is 0 Å². The van der Waals surface area contributed by atoms with E-state index in [0.717, 1.165) is 23.2 Å². The molecule has 0 amide bonds. The average molecular weight is 406 g/mol. The smallest absolute Gasteiger partial charge is 0.226 e. The highest BCUT2D eigenvalue weighted by atomic mass is 19.1. The number of aromatic nitrogens is 4. The minimum atomic E-state index is -0.290. The third kappa shape index (κ3) is 4.55. The van der Waals surface area contributed by atoms with Gasteiger partial charge in [0.15, 0.2) is 5.65 Å². The van der Waals surface area contributed by atoms with Gasteiger partial charge in [-0.15, -0.1) is 0 Å². The summed E-state index contributed by atoms with van der Waals surface area (Å²) in [5.74, 6) is 0.796. The van der Waals surface area contributed by atoms with Crippen molar-refractivity contribution in [3.63, 3.8) is 0 Å². The number of benzene rings is 2. The molecule has 0 saturated carbocycles. The van der Waals surface area contributed by atoms with Gasteiger partial charge in [-0.25, -0.2) is 9.07 Å². The summed E-state index contributed by atoms with van der Waals surface area (Å²) in [4.78, 5) is 9.31. The van der Waals surface area contributed by atoms with Gasteiger partial charge in [-0.05, 0) is 49.7 Å². The maximum absolute atomic E-state index is 13.3. The number of hydrogen-bond acceptors (Lipinski definition) is 6. The minimum absolute atomic E-state index is 0.290. The van der Waals surface area contributed by atoms with Crippen molar-refractivity contribution in [2.45, 2.75) is 13.3 Å². The predicted molar refractivity (Wildman–Crippen MR) is 116 cm³/mol. The third-order valence-electron chi connectivity index (χ3n) is 4.49. The Balaban J connectivity index is 1.68. The topological polar surface area (TPSA) is 76.9 Å². The van der Waals surface area contributed by atoms with Gasteiger partial charge in [-0.3, -0.25) is 0 Å². The van der Waals surface area contributed by atoms with Crippen molar-refractivity contribution in [3.8, 4) is 5.69 Å². The zero-order valence-corrected chi connectivity index (χ0v) is 16.7. The van der Waals surface area contributed by atoms with E-state index in [1.54, 1.807) is 23.0 Å². The Morgan fingerprint density at radius 2 is 1.83 bits per heavy atom. The third-order valence-corrected chi connectivity index (χ3v) is 4.49. The second-order valence-corrected chi connectivity index (χ2v) is 6.63. The van der Waals surface area contributed by atoms with Crippen molar-refractivity contribution >= 4 is 28.5 Å². The first kappa shape index (κ1) is 19.8. The van der Waals surface area contributed by atoms with Crippen LogP contribution in [0.1, 0.15) is 13.3 Å². The average Bonchev–Trinajstić information content (AvgIpc) is 3.20. The standard InChI is InChI=1S/C22H23FN6O/c1-2-30-14-6-13-24-22-27-20(26-17-11-9-16(23)10-12-17)19-15-25-29(21(19)28-22)18-7-4-3-5-8-18/h3-5,7-12,15H,2,6,13-14H2,1H3,(H2,24,26,27,28). The fourth-order valence-corrected chi connectivity index (χ4v) is 3.03. The summed E-state index contributed by atoms with van der Waals surface area (Å²) in [6, 6.07) is 15.9. The van der Waals surface area contributed by atoms with Gasteiger partial charge in [0.1, 0.15) is 11.6 Å². The molecule has 0 atom stereocenters. The van der Waals surface area contributed by atoms with Gasteiger partial charge in [0, 0.05) is 25.4 Å². The maximum Gasteiger partial charge on any atom is 0.226 e. The van der Waals surface area contributed by atoms with E-state index in [2.05, 4.69) is 25.7 Å².